The van der Waals surface area contributed by atoms with E-state index in [1.807, 2.05) is 0 Å². The molecule has 1 aromatic carbocycles. The van der Waals surface area contributed by atoms with Crippen LogP contribution in [0.4, 0.5) is 4.39 Å². The first-order valence-corrected chi connectivity index (χ1v) is 8.32. The van der Waals surface area contributed by atoms with Crippen LogP contribution in [0, 0.1) is 5.82 Å². The van der Waals surface area contributed by atoms with E-state index in [0.717, 1.165) is 5.75 Å². The van der Waals surface area contributed by atoms with Gasteiger partial charge in [-0.05, 0) is 38.2 Å². The van der Waals surface area contributed by atoms with E-state index in [1.54, 1.807) is 31.7 Å². The lowest BCUT2D eigenvalue weighted by molar-refractivity contribution is -0.126. The van der Waals surface area contributed by atoms with Crippen LogP contribution >= 0.6 is 23.4 Å². The topological polar surface area (TPSA) is 49.3 Å². The Balaban J connectivity index is 2.09. The lowest BCUT2D eigenvalue weighted by atomic mass is 9.83. The number of halogens is 2. The zero-order chi connectivity index (χ0) is 15.7. The number of thioether (sulfide) groups is 1. The maximum Gasteiger partial charge on any atom is 0.230 e. The summed E-state index contributed by atoms with van der Waals surface area (Å²) in [5.41, 5.74) is -1.59. The lowest BCUT2D eigenvalue weighted by Gasteiger charge is -2.28. The third-order valence-corrected chi connectivity index (χ3v) is 5.30. The van der Waals surface area contributed by atoms with Crippen molar-refractivity contribution in [3.63, 3.8) is 0 Å². The Bertz CT molecular complexity index is 544. The fourth-order valence-electron chi connectivity index (χ4n) is 2.32. The number of hydrogen-bond donors (Lipinski definition) is 2. The van der Waals surface area contributed by atoms with Gasteiger partial charge in [-0.1, -0.05) is 17.7 Å². The smallest absolute Gasteiger partial charge is 0.230 e. The van der Waals surface area contributed by atoms with Crippen LogP contribution in [0.25, 0.3) is 0 Å². The van der Waals surface area contributed by atoms with Crippen LogP contribution < -0.4 is 5.32 Å². The molecule has 116 valence electrons. The van der Waals surface area contributed by atoms with Crippen molar-refractivity contribution in [2.75, 3.05) is 18.1 Å². The van der Waals surface area contributed by atoms with Gasteiger partial charge in [0.2, 0.25) is 5.91 Å². The number of rotatable bonds is 4. The van der Waals surface area contributed by atoms with Gasteiger partial charge in [0.1, 0.15) is 5.82 Å². The number of amides is 1. The standard InChI is InChI=1S/C15H19ClFNO2S/c1-14(2,11-4-3-10(16)7-12(11)17)13(19)18-8-15(20)5-6-21-9-15/h3-4,7,20H,5-6,8-9H2,1-2H3,(H,18,19). The molecule has 0 radical (unpaired) electrons. The van der Waals surface area contributed by atoms with E-state index < -0.39 is 16.8 Å². The number of carbonyl (C=O) groups excluding carboxylic acids is 1. The number of carbonyl (C=O) groups is 1. The Kier molecular flexibility index (Phi) is 4.85. The van der Waals surface area contributed by atoms with Crippen molar-refractivity contribution in [1.82, 2.24) is 5.32 Å². The zero-order valence-electron chi connectivity index (χ0n) is 12.1. The summed E-state index contributed by atoms with van der Waals surface area (Å²) >= 11 is 7.40. The molecule has 0 saturated carbocycles. The first kappa shape index (κ1) is 16.6. The molecule has 2 N–H and O–H groups in total. The summed E-state index contributed by atoms with van der Waals surface area (Å²) in [6.45, 7) is 3.50. The summed E-state index contributed by atoms with van der Waals surface area (Å²) < 4.78 is 14.0. The normalized spacial score (nSPS) is 22.3. The highest BCUT2D eigenvalue weighted by molar-refractivity contribution is 7.99. The van der Waals surface area contributed by atoms with Crippen molar-refractivity contribution >= 4 is 29.3 Å². The van der Waals surface area contributed by atoms with Gasteiger partial charge in [0.15, 0.2) is 0 Å². The minimum atomic E-state index is -1.03. The van der Waals surface area contributed by atoms with E-state index in [1.165, 1.54) is 12.1 Å². The molecule has 2 rings (SSSR count). The minimum Gasteiger partial charge on any atom is -0.387 e. The Labute approximate surface area is 133 Å². The van der Waals surface area contributed by atoms with Crippen molar-refractivity contribution in [3.8, 4) is 0 Å². The zero-order valence-corrected chi connectivity index (χ0v) is 13.7. The van der Waals surface area contributed by atoms with Gasteiger partial charge < -0.3 is 10.4 Å². The fraction of sp³-hybridized carbons (Fsp3) is 0.533. The highest BCUT2D eigenvalue weighted by atomic mass is 35.5. The van der Waals surface area contributed by atoms with Gasteiger partial charge in [-0.25, -0.2) is 4.39 Å². The molecule has 1 amide bonds. The average molecular weight is 332 g/mol. The lowest BCUT2D eigenvalue weighted by Crippen LogP contribution is -2.48. The highest BCUT2D eigenvalue weighted by Crippen LogP contribution is 2.30. The molecule has 1 heterocycles. The molecule has 1 unspecified atom stereocenters. The van der Waals surface area contributed by atoms with Gasteiger partial charge in [0, 0.05) is 22.9 Å². The van der Waals surface area contributed by atoms with Gasteiger partial charge >= 0.3 is 0 Å². The van der Waals surface area contributed by atoms with Gasteiger partial charge in [-0.2, -0.15) is 11.8 Å². The molecule has 1 saturated heterocycles. The molecule has 0 aliphatic carbocycles. The maximum absolute atomic E-state index is 14.0. The highest BCUT2D eigenvalue weighted by Gasteiger charge is 2.36. The summed E-state index contributed by atoms with van der Waals surface area (Å²) in [5, 5.41) is 13.3. The van der Waals surface area contributed by atoms with Crippen molar-refractivity contribution in [2.45, 2.75) is 31.3 Å². The monoisotopic (exact) mass is 331 g/mol. The van der Waals surface area contributed by atoms with Crippen LogP contribution in [0.15, 0.2) is 18.2 Å². The van der Waals surface area contributed by atoms with Crippen LogP contribution in [0.2, 0.25) is 5.02 Å². The van der Waals surface area contributed by atoms with E-state index in [2.05, 4.69) is 5.32 Å². The van der Waals surface area contributed by atoms with Crippen molar-refractivity contribution in [3.05, 3.63) is 34.6 Å². The number of nitrogens with one attached hydrogen (secondary N) is 1. The van der Waals surface area contributed by atoms with Crippen LogP contribution in [0.1, 0.15) is 25.8 Å². The molecule has 1 atom stereocenters. The van der Waals surface area contributed by atoms with Crippen LogP contribution in [-0.4, -0.2) is 34.7 Å². The first-order chi connectivity index (χ1) is 9.74. The second-order valence-electron chi connectivity index (χ2n) is 5.96. The SMILES string of the molecule is CC(C)(C(=O)NCC1(O)CCSC1)c1ccc(Cl)cc1F. The number of benzene rings is 1. The number of aliphatic hydroxyl groups is 1. The Morgan fingerprint density at radius 3 is 2.86 bits per heavy atom. The molecule has 1 aromatic rings. The van der Waals surface area contributed by atoms with Crippen molar-refractivity contribution in [1.29, 1.82) is 0 Å². The molecular formula is C15H19ClFNO2S. The molecule has 1 aliphatic rings. The van der Waals surface area contributed by atoms with Crippen molar-refractivity contribution < 1.29 is 14.3 Å². The average Bonchev–Trinajstić information content (AvgIpc) is 2.83. The van der Waals surface area contributed by atoms with Gasteiger partial charge in [0.05, 0.1) is 11.0 Å². The van der Waals surface area contributed by atoms with Crippen LogP contribution in [-0.2, 0) is 10.2 Å². The van der Waals surface area contributed by atoms with E-state index in [0.29, 0.717) is 17.2 Å². The van der Waals surface area contributed by atoms with E-state index in [9.17, 15) is 14.3 Å². The molecule has 3 nitrogen and oxygen atoms in total. The quantitative estimate of drug-likeness (QED) is 0.892. The van der Waals surface area contributed by atoms with Crippen LogP contribution in [0.3, 0.4) is 0 Å². The van der Waals surface area contributed by atoms with Gasteiger partial charge in [-0.15, -0.1) is 0 Å². The molecule has 21 heavy (non-hydrogen) atoms. The molecule has 1 fully saturated rings. The Morgan fingerprint density at radius 2 is 2.29 bits per heavy atom. The third-order valence-electron chi connectivity index (χ3n) is 3.83. The number of hydrogen-bond acceptors (Lipinski definition) is 3. The van der Waals surface area contributed by atoms with Crippen LogP contribution in [0.5, 0.6) is 0 Å². The van der Waals surface area contributed by atoms with E-state index in [-0.39, 0.29) is 18.0 Å². The third kappa shape index (κ3) is 3.71. The summed E-state index contributed by atoms with van der Waals surface area (Å²) in [5.74, 6) is 0.691. The Morgan fingerprint density at radius 1 is 1.57 bits per heavy atom. The first-order valence-electron chi connectivity index (χ1n) is 6.79. The van der Waals surface area contributed by atoms with E-state index in [4.69, 9.17) is 11.6 Å². The summed E-state index contributed by atoms with van der Waals surface area (Å²) in [6, 6.07) is 4.29. The predicted molar refractivity (Wildman–Crippen MR) is 84.3 cm³/mol. The van der Waals surface area contributed by atoms with Gasteiger partial charge in [-0.3, -0.25) is 4.79 Å². The second-order valence-corrected chi connectivity index (χ2v) is 7.50. The molecule has 1 aliphatic heterocycles. The molecular weight excluding hydrogens is 313 g/mol. The molecule has 0 aromatic heterocycles. The van der Waals surface area contributed by atoms with E-state index >= 15 is 0 Å². The predicted octanol–water partition coefficient (Wildman–Crippen LogP) is 2.74. The summed E-state index contributed by atoms with van der Waals surface area (Å²) in [4.78, 5) is 12.4. The maximum atomic E-state index is 14.0. The van der Waals surface area contributed by atoms with Crippen molar-refractivity contribution in [2.24, 2.45) is 0 Å². The second kappa shape index (κ2) is 6.15. The minimum absolute atomic E-state index is 0.192. The van der Waals surface area contributed by atoms with Gasteiger partial charge in [0.25, 0.3) is 0 Å². The fourth-order valence-corrected chi connectivity index (χ4v) is 3.77. The molecule has 0 bridgehead atoms. The molecule has 6 heteroatoms. The largest absolute Gasteiger partial charge is 0.387 e. The molecule has 0 spiro atoms. The summed E-state index contributed by atoms with van der Waals surface area (Å²) in [6.07, 6.45) is 0.660. The Hall–Kier alpha value is -0.780. The summed E-state index contributed by atoms with van der Waals surface area (Å²) in [7, 11) is 0.